The molecule has 2 aromatic rings. The minimum Gasteiger partial charge on any atom is -0.311 e. The number of alkyl halides is 1. The number of rotatable bonds is 3. The van der Waals surface area contributed by atoms with Crippen LogP contribution in [-0.2, 0) is 13.6 Å². The van der Waals surface area contributed by atoms with Gasteiger partial charge in [0.2, 0.25) is 0 Å². The number of fused-ring (bicyclic) bond motifs is 1. The largest absolute Gasteiger partial charge is 0.311 e. The Kier molecular flexibility index (Phi) is 3.52. The third-order valence-corrected chi connectivity index (χ3v) is 5.26. The fourth-order valence-electron chi connectivity index (χ4n) is 2.83. The van der Waals surface area contributed by atoms with Gasteiger partial charge in [0, 0.05) is 18.8 Å². The lowest BCUT2D eigenvalue weighted by Crippen LogP contribution is -2.15. The number of aryl methyl sites for hydroxylation is 2. The van der Waals surface area contributed by atoms with Crippen molar-refractivity contribution in [1.82, 2.24) is 19.3 Å². The average Bonchev–Trinajstić information content (AvgIpc) is 3.00. The maximum absolute atomic E-state index is 6.31. The summed E-state index contributed by atoms with van der Waals surface area (Å²) in [7, 11) is 1.98. The van der Waals surface area contributed by atoms with Crippen molar-refractivity contribution in [2.24, 2.45) is 7.05 Å². The number of halogens is 1. The molecular formula is C13H19ClN4S. The minimum atomic E-state index is -0.0711. The molecule has 19 heavy (non-hydrogen) atoms. The van der Waals surface area contributed by atoms with E-state index in [0.717, 1.165) is 29.2 Å². The van der Waals surface area contributed by atoms with Crippen molar-refractivity contribution >= 4 is 34.5 Å². The first kappa shape index (κ1) is 13.3. The molecule has 0 aliphatic carbocycles. The fraction of sp³-hybridized carbons (Fsp3) is 0.692. The summed E-state index contributed by atoms with van der Waals surface area (Å²) in [6.45, 7) is 4.99. The number of imidazole rings is 1. The molecule has 1 aliphatic heterocycles. The smallest absolute Gasteiger partial charge is 0.158 e. The lowest BCUT2D eigenvalue weighted by atomic mass is 10.2. The van der Waals surface area contributed by atoms with Crippen molar-refractivity contribution < 1.29 is 0 Å². The van der Waals surface area contributed by atoms with Crippen LogP contribution in [-0.4, -0.2) is 30.3 Å². The third kappa shape index (κ3) is 2.27. The van der Waals surface area contributed by atoms with Crippen LogP contribution < -0.4 is 0 Å². The highest BCUT2D eigenvalue weighted by atomic mass is 35.5. The maximum atomic E-state index is 6.31. The molecule has 2 unspecified atom stereocenters. The Morgan fingerprint density at radius 1 is 1.53 bits per heavy atom. The first-order valence-corrected chi connectivity index (χ1v) is 8.22. The second-order valence-corrected chi connectivity index (χ2v) is 7.28. The molecule has 6 heteroatoms. The first-order valence-electron chi connectivity index (χ1n) is 6.73. The van der Waals surface area contributed by atoms with Gasteiger partial charge in [-0.1, -0.05) is 0 Å². The van der Waals surface area contributed by atoms with E-state index in [1.807, 2.05) is 25.6 Å². The summed E-state index contributed by atoms with van der Waals surface area (Å²) >= 11 is 8.37. The molecule has 0 radical (unpaired) electrons. The summed E-state index contributed by atoms with van der Waals surface area (Å²) in [6, 6.07) is 0. The van der Waals surface area contributed by atoms with E-state index in [-0.39, 0.29) is 5.38 Å². The molecule has 4 nitrogen and oxygen atoms in total. The molecule has 1 saturated heterocycles. The highest BCUT2D eigenvalue weighted by Gasteiger charge is 2.24. The quantitative estimate of drug-likeness (QED) is 0.816. The van der Waals surface area contributed by atoms with Crippen molar-refractivity contribution in [1.29, 1.82) is 0 Å². The SMILES string of the molecule is Cc1nn(C)c2c1nc(C(C)Cl)n2CC1CCCS1. The van der Waals surface area contributed by atoms with Crippen LogP contribution in [0.2, 0.25) is 0 Å². The highest BCUT2D eigenvalue weighted by molar-refractivity contribution is 8.00. The predicted octanol–water partition coefficient (Wildman–Crippen LogP) is 3.27. The molecule has 3 heterocycles. The summed E-state index contributed by atoms with van der Waals surface area (Å²) in [4.78, 5) is 4.71. The van der Waals surface area contributed by atoms with Crippen LogP contribution in [0.25, 0.3) is 11.2 Å². The van der Waals surface area contributed by atoms with Gasteiger partial charge in [0.05, 0.1) is 11.1 Å². The van der Waals surface area contributed by atoms with E-state index in [1.54, 1.807) is 0 Å². The molecule has 0 amide bonds. The topological polar surface area (TPSA) is 35.6 Å². The zero-order chi connectivity index (χ0) is 13.6. The molecule has 0 saturated carbocycles. The standard InChI is InChI=1S/C13H19ClN4S/c1-8(14)12-15-11-9(2)16-17(3)13(11)18(12)7-10-5-4-6-19-10/h8,10H,4-7H2,1-3H3. The third-order valence-electron chi connectivity index (χ3n) is 3.69. The Morgan fingerprint density at radius 2 is 2.32 bits per heavy atom. The van der Waals surface area contributed by atoms with Gasteiger partial charge in [0.15, 0.2) is 5.65 Å². The van der Waals surface area contributed by atoms with Crippen LogP contribution in [0.1, 0.15) is 36.7 Å². The van der Waals surface area contributed by atoms with Gasteiger partial charge in [0.25, 0.3) is 0 Å². The Morgan fingerprint density at radius 3 is 2.95 bits per heavy atom. The average molecular weight is 299 g/mol. The summed E-state index contributed by atoms with van der Waals surface area (Å²) in [6.07, 6.45) is 2.61. The van der Waals surface area contributed by atoms with Crippen molar-refractivity contribution in [3.8, 4) is 0 Å². The number of thioether (sulfide) groups is 1. The summed E-state index contributed by atoms with van der Waals surface area (Å²) < 4.78 is 4.20. The van der Waals surface area contributed by atoms with Crippen molar-refractivity contribution in [3.05, 3.63) is 11.5 Å². The Bertz CT molecular complexity index is 595. The molecule has 1 fully saturated rings. The fourth-order valence-corrected chi connectivity index (χ4v) is 4.25. The summed E-state index contributed by atoms with van der Waals surface area (Å²) in [5.41, 5.74) is 3.08. The van der Waals surface area contributed by atoms with Crippen LogP contribution in [0.4, 0.5) is 0 Å². The predicted molar refractivity (Wildman–Crippen MR) is 81.0 cm³/mol. The van der Waals surface area contributed by atoms with Crippen molar-refractivity contribution in [2.45, 2.75) is 43.9 Å². The van der Waals surface area contributed by atoms with E-state index in [4.69, 9.17) is 16.6 Å². The number of nitrogens with zero attached hydrogens (tertiary/aromatic N) is 4. The lowest BCUT2D eigenvalue weighted by molar-refractivity contribution is 0.603. The molecule has 2 aromatic heterocycles. The van der Waals surface area contributed by atoms with Gasteiger partial charge < -0.3 is 4.57 Å². The van der Waals surface area contributed by atoms with Crippen molar-refractivity contribution in [2.75, 3.05) is 5.75 Å². The minimum absolute atomic E-state index is 0.0711. The maximum Gasteiger partial charge on any atom is 0.158 e. The van der Waals surface area contributed by atoms with Gasteiger partial charge in [-0.2, -0.15) is 16.9 Å². The van der Waals surface area contributed by atoms with Gasteiger partial charge in [-0.15, -0.1) is 11.6 Å². The van der Waals surface area contributed by atoms with Gasteiger partial charge >= 0.3 is 0 Å². The molecule has 3 rings (SSSR count). The molecule has 1 aliphatic rings. The Balaban J connectivity index is 2.09. The monoisotopic (exact) mass is 298 g/mol. The van der Waals surface area contributed by atoms with Crippen LogP contribution in [0.15, 0.2) is 0 Å². The van der Waals surface area contributed by atoms with E-state index in [1.165, 1.54) is 18.6 Å². The van der Waals surface area contributed by atoms with Crippen LogP contribution in [0, 0.1) is 6.92 Å². The summed E-state index contributed by atoms with van der Waals surface area (Å²) in [5.74, 6) is 2.25. The first-order chi connectivity index (χ1) is 9.08. The van der Waals surface area contributed by atoms with Crippen LogP contribution >= 0.6 is 23.4 Å². The van der Waals surface area contributed by atoms with Gasteiger partial charge in [-0.05, 0) is 32.4 Å². The van der Waals surface area contributed by atoms with Gasteiger partial charge in [-0.25, -0.2) is 4.98 Å². The van der Waals surface area contributed by atoms with E-state index in [9.17, 15) is 0 Å². The zero-order valence-corrected chi connectivity index (χ0v) is 13.1. The second kappa shape index (κ2) is 5.02. The molecule has 0 bridgehead atoms. The van der Waals surface area contributed by atoms with E-state index >= 15 is 0 Å². The molecular weight excluding hydrogens is 280 g/mol. The molecule has 0 spiro atoms. The highest BCUT2D eigenvalue weighted by Crippen LogP contribution is 2.32. The normalized spacial score (nSPS) is 21.4. The van der Waals surface area contributed by atoms with Gasteiger partial charge in [0.1, 0.15) is 11.3 Å². The summed E-state index contributed by atoms with van der Waals surface area (Å²) in [5, 5.41) is 5.08. The Labute approximate surface area is 122 Å². The van der Waals surface area contributed by atoms with E-state index < -0.39 is 0 Å². The molecule has 0 aromatic carbocycles. The van der Waals surface area contributed by atoms with Crippen LogP contribution in [0.3, 0.4) is 0 Å². The number of hydrogen-bond acceptors (Lipinski definition) is 3. The van der Waals surface area contributed by atoms with E-state index in [0.29, 0.717) is 5.25 Å². The van der Waals surface area contributed by atoms with Crippen LogP contribution in [0.5, 0.6) is 0 Å². The van der Waals surface area contributed by atoms with Gasteiger partial charge in [-0.3, -0.25) is 4.68 Å². The molecule has 104 valence electrons. The zero-order valence-electron chi connectivity index (χ0n) is 11.6. The molecule has 2 atom stereocenters. The number of hydrogen-bond donors (Lipinski definition) is 0. The van der Waals surface area contributed by atoms with Crippen molar-refractivity contribution in [3.63, 3.8) is 0 Å². The number of aromatic nitrogens is 4. The lowest BCUT2D eigenvalue weighted by Gasteiger charge is -2.14. The van der Waals surface area contributed by atoms with E-state index in [2.05, 4.69) is 21.4 Å². The Hall–Kier alpha value is -0.680. The second-order valence-electron chi connectivity index (χ2n) is 5.21. The molecule has 0 N–H and O–H groups in total.